The van der Waals surface area contributed by atoms with Gasteiger partial charge in [-0.05, 0) is 127 Å². The summed E-state index contributed by atoms with van der Waals surface area (Å²) in [5, 5.41) is 4.14. The summed E-state index contributed by atoms with van der Waals surface area (Å²) in [6.45, 7) is 4.94. The normalized spacial score (nSPS) is 22.2. The fraction of sp³-hybridized carbons (Fsp3) is 0.625. The zero-order valence-electron chi connectivity index (χ0n) is 21.5. The van der Waals surface area contributed by atoms with E-state index in [1.54, 1.807) is 16.7 Å². The van der Waals surface area contributed by atoms with Gasteiger partial charge in [0.05, 0.1) is 0 Å². The third-order valence-corrected chi connectivity index (χ3v) is 10.2. The number of benzene rings is 2. The second-order valence-corrected chi connectivity index (χ2v) is 12.1. The number of anilines is 3. The minimum absolute atomic E-state index is 0.562. The van der Waals surface area contributed by atoms with Crippen LogP contribution in [0, 0.1) is 11.8 Å². The second-order valence-electron chi connectivity index (χ2n) is 12.1. The monoisotopic (exact) mass is 456 g/mol. The summed E-state index contributed by atoms with van der Waals surface area (Å²) in [5.74, 6) is 2.84. The van der Waals surface area contributed by atoms with Crippen LogP contribution in [0.5, 0.6) is 0 Å². The van der Waals surface area contributed by atoms with E-state index in [2.05, 4.69) is 37.4 Å². The number of hydrogen-bond acceptors (Lipinski definition) is 2. The Labute approximate surface area is 207 Å². The average molecular weight is 457 g/mol. The summed E-state index contributed by atoms with van der Waals surface area (Å²) >= 11 is 0. The van der Waals surface area contributed by atoms with Crippen molar-refractivity contribution in [3.8, 4) is 0 Å². The first-order valence-corrected chi connectivity index (χ1v) is 14.5. The first-order chi connectivity index (χ1) is 16.6. The molecule has 2 nitrogen and oxygen atoms in total. The van der Waals surface area contributed by atoms with Crippen LogP contribution in [0.25, 0.3) is 0 Å². The molecule has 0 radical (unpaired) electrons. The zero-order chi connectivity index (χ0) is 23.2. The van der Waals surface area contributed by atoms with Crippen LogP contribution in [0.1, 0.15) is 123 Å². The minimum atomic E-state index is 0.562. The van der Waals surface area contributed by atoms with Crippen LogP contribution in [0.4, 0.5) is 17.1 Å². The van der Waals surface area contributed by atoms with Gasteiger partial charge in [-0.2, -0.15) is 0 Å². The predicted molar refractivity (Wildman–Crippen MR) is 145 cm³/mol. The highest BCUT2D eigenvalue weighted by Crippen LogP contribution is 2.47. The van der Waals surface area contributed by atoms with Gasteiger partial charge in [-0.1, -0.05) is 51.7 Å². The van der Waals surface area contributed by atoms with Gasteiger partial charge >= 0.3 is 0 Å². The molecule has 2 aromatic rings. The number of nitrogens with one attached hydrogen (secondary N) is 1. The fourth-order valence-electron chi connectivity index (χ4n) is 8.09. The van der Waals surface area contributed by atoms with Crippen LogP contribution < -0.4 is 11.1 Å². The number of rotatable bonds is 6. The lowest BCUT2D eigenvalue weighted by Gasteiger charge is -2.28. The molecule has 4 aliphatic carbocycles. The minimum Gasteiger partial charge on any atom is -0.398 e. The van der Waals surface area contributed by atoms with Crippen molar-refractivity contribution in [2.75, 3.05) is 11.1 Å². The molecule has 0 unspecified atom stereocenters. The molecule has 0 bridgehead atoms. The van der Waals surface area contributed by atoms with Crippen molar-refractivity contribution >= 4 is 17.1 Å². The summed E-state index contributed by atoms with van der Waals surface area (Å²) in [5.41, 5.74) is 20.0. The summed E-state index contributed by atoms with van der Waals surface area (Å²) in [6.07, 6.45) is 18.5. The number of hydrogen-bond donors (Lipinski definition) is 2. The lowest BCUT2D eigenvalue weighted by atomic mass is 9.82. The van der Waals surface area contributed by atoms with Gasteiger partial charge in [0.1, 0.15) is 0 Å². The molecular weight excluding hydrogens is 412 g/mol. The van der Waals surface area contributed by atoms with Crippen molar-refractivity contribution in [2.45, 2.75) is 116 Å². The van der Waals surface area contributed by atoms with E-state index in [0.717, 1.165) is 23.9 Å². The van der Waals surface area contributed by atoms with Crippen LogP contribution in [0.2, 0.25) is 0 Å². The van der Waals surface area contributed by atoms with Gasteiger partial charge < -0.3 is 11.1 Å². The molecule has 2 saturated carbocycles. The average Bonchev–Trinajstić information content (AvgIpc) is 3.65. The quantitative estimate of drug-likeness (QED) is 0.427. The summed E-state index contributed by atoms with van der Waals surface area (Å²) in [7, 11) is 0. The van der Waals surface area contributed by atoms with E-state index < -0.39 is 0 Å². The molecule has 0 aromatic heterocycles. The highest BCUT2D eigenvalue weighted by atomic mass is 14.9. The number of nitrogen functional groups attached to an aromatic ring is 1. The van der Waals surface area contributed by atoms with Gasteiger partial charge in [-0.3, -0.25) is 0 Å². The predicted octanol–water partition coefficient (Wildman–Crippen LogP) is 8.58. The summed E-state index contributed by atoms with van der Waals surface area (Å²) in [6, 6.07) is 7.42. The Balaban J connectivity index is 1.42. The largest absolute Gasteiger partial charge is 0.398 e. The molecule has 0 heterocycles. The van der Waals surface area contributed by atoms with Crippen molar-refractivity contribution in [1.29, 1.82) is 0 Å². The maximum atomic E-state index is 6.89. The third-order valence-electron chi connectivity index (χ3n) is 10.2. The van der Waals surface area contributed by atoms with Crippen LogP contribution in [-0.4, -0.2) is 0 Å². The van der Waals surface area contributed by atoms with E-state index >= 15 is 0 Å². The van der Waals surface area contributed by atoms with Crippen LogP contribution in [0.3, 0.4) is 0 Å². The Morgan fingerprint density at radius 1 is 0.706 bits per heavy atom. The Kier molecular flexibility index (Phi) is 6.12. The lowest BCUT2D eigenvalue weighted by Crippen LogP contribution is -2.13. The summed E-state index contributed by atoms with van der Waals surface area (Å²) in [4.78, 5) is 0. The van der Waals surface area contributed by atoms with Gasteiger partial charge in [-0.25, -0.2) is 0 Å². The van der Waals surface area contributed by atoms with E-state index in [1.165, 1.54) is 112 Å². The van der Waals surface area contributed by atoms with E-state index in [4.69, 9.17) is 5.73 Å². The highest BCUT2D eigenvalue weighted by Gasteiger charge is 2.31. The molecule has 2 aromatic carbocycles. The van der Waals surface area contributed by atoms with Gasteiger partial charge in [0.25, 0.3) is 0 Å². The smallest absolute Gasteiger partial charge is 0.0455 e. The molecule has 2 fully saturated rings. The van der Waals surface area contributed by atoms with Gasteiger partial charge in [-0.15, -0.1) is 0 Å². The topological polar surface area (TPSA) is 38.0 Å². The zero-order valence-corrected chi connectivity index (χ0v) is 21.5. The maximum absolute atomic E-state index is 6.89. The second kappa shape index (κ2) is 9.25. The molecule has 0 aliphatic heterocycles. The third kappa shape index (κ3) is 3.86. The Morgan fingerprint density at radius 3 is 2.00 bits per heavy atom. The molecular formula is C32H44N2. The summed E-state index contributed by atoms with van der Waals surface area (Å²) < 4.78 is 0. The molecule has 0 amide bonds. The molecule has 182 valence electrons. The van der Waals surface area contributed by atoms with Crippen molar-refractivity contribution in [2.24, 2.45) is 11.8 Å². The molecule has 6 rings (SSSR count). The molecule has 0 spiro atoms. The van der Waals surface area contributed by atoms with Gasteiger partial charge in [0.2, 0.25) is 0 Å². The number of nitrogens with two attached hydrogens (primary N) is 1. The molecule has 34 heavy (non-hydrogen) atoms. The highest BCUT2D eigenvalue weighted by molar-refractivity contribution is 5.77. The van der Waals surface area contributed by atoms with Gasteiger partial charge in [0.15, 0.2) is 0 Å². The fourth-order valence-corrected chi connectivity index (χ4v) is 8.09. The van der Waals surface area contributed by atoms with E-state index in [1.807, 2.05) is 0 Å². The van der Waals surface area contributed by atoms with Gasteiger partial charge in [0, 0.05) is 17.1 Å². The number of fused-ring (bicyclic) bond motifs is 2. The van der Waals surface area contributed by atoms with Crippen LogP contribution in [0.15, 0.2) is 18.2 Å². The Hall–Kier alpha value is -1.96. The van der Waals surface area contributed by atoms with Crippen molar-refractivity contribution < 1.29 is 0 Å². The van der Waals surface area contributed by atoms with Crippen molar-refractivity contribution in [3.63, 3.8) is 0 Å². The van der Waals surface area contributed by atoms with E-state index in [-0.39, 0.29) is 0 Å². The van der Waals surface area contributed by atoms with Crippen LogP contribution >= 0.6 is 0 Å². The SMILES string of the molecule is C[C@H](c1ccc2c(c1Nc1cc([C@H](C)C3CCCC3)c(N)c3c1CCC3)CCC2)C1CCCC1. The maximum Gasteiger partial charge on any atom is 0.0455 e. The van der Waals surface area contributed by atoms with E-state index in [0.29, 0.717) is 11.8 Å². The van der Waals surface area contributed by atoms with Crippen molar-refractivity contribution in [1.82, 2.24) is 0 Å². The number of aryl methyl sites for hydroxylation is 1. The molecule has 4 aliphatic rings. The Bertz CT molecular complexity index is 1060. The van der Waals surface area contributed by atoms with E-state index in [9.17, 15) is 0 Å². The van der Waals surface area contributed by atoms with Crippen LogP contribution in [-0.2, 0) is 25.7 Å². The molecule has 2 atom stereocenters. The molecule has 2 heteroatoms. The van der Waals surface area contributed by atoms with Crippen molar-refractivity contribution in [3.05, 3.63) is 51.6 Å². The molecule has 0 saturated heterocycles. The molecule has 3 N–H and O–H groups in total. The first-order valence-electron chi connectivity index (χ1n) is 14.5. The first kappa shape index (κ1) is 22.5. The lowest BCUT2D eigenvalue weighted by molar-refractivity contribution is 0.461. The standard InChI is InChI=1S/C32H44N2/c1-20(22-9-3-4-10-22)25-18-17-24-13-7-14-26(24)32(25)34-30-19-29(21(2)23-11-5-6-12-23)31(33)28-16-8-15-27(28)30/h17-23,34H,3-16,33H2,1-2H3/t20-,21+/m0/s1. The Morgan fingerprint density at radius 2 is 1.29 bits per heavy atom.